The number of amides is 1. The van der Waals surface area contributed by atoms with E-state index in [0.717, 1.165) is 25.0 Å². The van der Waals surface area contributed by atoms with Gasteiger partial charge in [0.15, 0.2) is 5.84 Å². The van der Waals surface area contributed by atoms with Gasteiger partial charge in [0.1, 0.15) is 0 Å². The van der Waals surface area contributed by atoms with Crippen LogP contribution < -0.4 is 5.73 Å². The molecule has 2 rings (SSSR count). The summed E-state index contributed by atoms with van der Waals surface area (Å²) in [6.07, 6.45) is 2.59. The lowest BCUT2D eigenvalue weighted by atomic mass is 10.1. The fraction of sp³-hybridized carbons (Fsp3) is 0.467. The minimum Gasteiger partial charge on any atom is -0.409 e. The number of amidine groups is 1. The van der Waals surface area contributed by atoms with Crippen molar-refractivity contribution < 1.29 is 14.7 Å². The number of likely N-dealkylation sites (N-methyl/N-ethyl adjacent to an activating group) is 1. The van der Waals surface area contributed by atoms with Crippen LogP contribution in [-0.4, -0.2) is 48.2 Å². The molecule has 1 amide bonds. The molecule has 1 fully saturated rings. The lowest BCUT2D eigenvalue weighted by molar-refractivity contribution is -0.130. The molecule has 0 bridgehead atoms. The Morgan fingerprint density at radius 2 is 2.19 bits per heavy atom. The molecule has 6 nitrogen and oxygen atoms in total. The highest BCUT2D eigenvalue weighted by Crippen LogP contribution is 2.13. The van der Waals surface area contributed by atoms with E-state index < -0.39 is 0 Å². The second kappa shape index (κ2) is 7.08. The zero-order chi connectivity index (χ0) is 15.2. The lowest BCUT2D eigenvalue weighted by Crippen LogP contribution is -2.35. The van der Waals surface area contributed by atoms with Crippen LogP contribution in [0.25, 0.3) is 0 Å². The second-order valence-electron chi connectivity index (χ2n) is 5.27. The van der Waals surface area contributed by atoms with Crippen molar-refractivity contribution in [1.29, 1.82) is 0 Å². The average Bonchev–Trinajstić information content (AvgIpc) is 3.00. The summed E-state index contributed by atoms with van der Waals surface area (Å²) in [5.74, 6) is 0.116. The van der Waals surface area contributed by atoms with Crippen molar-refractivity contribution in [1.82, 2.24) is 4.90 Å². The number of carbonyl (C=O) groups is 1. The maximum atomic E-state index is 12.2. The lowest BCUT2D eigenvalue weighted by Gasteiger charge is -2.20. The molecular formula is C15H21N3O3. The largest absolute Gasteiger partial charge is 0.409 e. The van der Waals surface area contributed by atoms with Crippen LogP contribution in [0.4, 0.5) is 0 Å². The third-order valence-corrected chi connectivity index (χ3v) is 3.64. The fourth-order valence-corrected chi connectivity index (χ4v) is 2.36. The molecule has 1 atom stereocenters. The topological polar surface area (TPSA) is 88.2 Å². The maximum Gasteiger partial charge on any atom is 0.226 e. The van der Waals surface area contributed by atoms with Crippen LogP contribution in [0.5, 0.6) is 0 Å². The second-order valence-corrected chi connectivity index (χ2v) is 5.27. The Bertz CT molecular complexity index is 507. The average molecular weight is 291 g/mol. The number of oxime groups is 1. The number of hydrogen-bond acceptors (Lipinski definition) is 4. The van der Waals surface area contributed by atoms with Crippen LogP contribution in [0.1, 0.15) is 24.0 Å². The zero-order valence-electron chi connectivity index (χ0n) is 12.2. The highest BCUT2D eigenvalue weighted by atomic mass is 16.5. The van der Waals surface area contributed by atoms with Gasteiger partial charge in [-0.15, -0.1) is 0 Å². The number of nitrogens with two attached hydrogens (primary N) is 1. The van der Waals surface area contributed by atoms with Gasteiger partial charge < -0.3 is 20.6 Å². The van der Waals surface area contributed by atoms with Gasteiger partial charge >= 0.3 is 0 Å². The summed E-state index contributed by atoms with van der Waals surface area (Å²) in [7, 11) is 1.80. The Morgan fingerprint density at radius 3 is 2.76 bits per heavy atom. The fourth-order valence-electron chi connectivity index (χ4n) is 2.36. The molecule has 1 aliphatic heterocycles. The third kappa shape index (κ3) is 4.19. The molecule has 0 radical (unpaired) electrons. The number of benzene rings is 1. The Labute approximate surface area is 124 Å². The third-order valence-electron chi connectivity index (χ3n) is 3.64. The Kier molecular flexibility index (Phi) is 5.16. The van der Waals surface area contributed by atoms with E-state index in [1.54, 1.807) is 24.1 Å². The molecule has 6 heteroatoms. The summed E-state index contributed by atoms with van der Waals surface area (Å²) in [5.41, 5.74) is 7.02. The van der Waals surface area contributed by atoms with Crippen LogP contribution >= 0.6 is 0 Å². The van der Waals surface area contributed by atoms with Crippen molar-refractivity contribution in [3.63, 3.8) is 0 Å². The predicted molar refractivity (Wildman–Crippen MR) is 79.3 cm³/mol. The molecule has 1 unspecified atom stereocenters. The van der Waals surface area contributed by atoms with E-state index in [9.17, 15) is 4.79 Å². The number of ether oxygens (including phenoxy) is 1. The SMILES string of the molecule is CN(CC1CCCO1)C(=O)Cc1ccc(C(N)=NO)cc1. The molecule has 21 heavy (non-hydrogen) atoms. The summed E-state index contributed by atoms with van der Waals surface area (Å²) in [6.45, 7) is 1.43. The van der Waals surface area contributed by atoms with Crippen molar-refractivity contribution in [2.24, 2.45) is 10.9 Å². The van der Waals surface area contributed by atoms with E-state index >= 15 is 0 Å². The van der Waals surface area contributed by atoms with Gasteiger partial charge in [0, 0.05) is 25.8 Å². The quantitative estimate of drug-likeness (QED) is 0.366. The first kappa shape index (κ1) is 15.3. The van der Waals surface area contributed by atoms with E-state index in [2.05, 4.69) is 5.16 Å². The summed E-state index contributed by atoms with van der Waals surface area (Å²) < 4.78 is 5.53. The summed E-state index contributed by atoms with van der Waals surface area (Å²) in [4.78, 5) is 13.9. The monoisotopic (exact) mass is 291 g/mol. The summed E-state index contributed by atoms with van der Waals surface area (Å²) in [5, 5.41) is 11.5. The van der Waals surface area contributed by atoms with Crippen molar-refractivity contribution in [3.05, 3.63) is 35.4 Å². The zero-order valence-corrected chi connectivity index (χ0v) is 12.2. The normalized spacial score (nSPS) is 18.7. The smallest absolute Gasteiger partial charge is 0.226 e. The van der Waals surface area contributed by atoms with E-state index in [0.29, 0.717) is 18.5 Å². The summed E-state index contributed by atoms with van der Waals surface area (Å²) >= 11 is 0. The molecule has 0 aromatic heterocycles. The summed E-state index contributed by atoms with van der Waals surface area (Å²) in [6, 6.07) is 7.09. The van der Waals surface area contributed by atoms with Crippen molar-refractivity contribution in [2.75, 3.05) is 20.2 Å². The highest BCUT2D eigenvalue weighted by molar-refractivity contribution is 5.97. The van der Waals surface area contributed by atoms with Gasteiger partial charge in [0.2, 0.25) is 5.91 Å². The van der Waals surface area contributed by atoms with Gasteiger partial charge in [-0.05, 0) is 18.4 Å². The number of carbonyl (C=O) groups excluding carboxylic acids is 1. The van der Waals surface area contributed by atoms with E-state index in [1.807, 2.05) is 12.1 Å². The van der Waals surface area contributed by atoms with Gasteiger partial charge in [0.05, 0.1) is 12.5 Å². The van der Waals surface area contributed by atoms with Crippen LogP contribution in [0, 0.1) is 0 Å². The van der Waals surface area contributed by atoms with Gasteiger partial charge in [-0.3, -0.25) is 4.79 Å². The molecule has 0 saturated carbocycles. The predicted octanol–water partition coefficient (Wildman–Crippen LogP) is 0.961. The molecule has 1 saturated heterocycles. The van der Waals surface area contributed by atoms with Crippen LogP contribution in [0.15, 0.2) is 29.4 Å². The molecule has 0 aliphatic carbocycles. The number of rotatable bonds is 5. The number of hydrogen-bond donors (Lipinski definition) is 2. The van der Waals surface area contributed by atoms with Crippen molar-refractivity contribution >= 4 is 11.7 Å². The van der Waals surface area contributed by atoms with Crippen molar-refractivity contribution in [2.45, 2.75) is 25.4 Å². The van der Waals surface area contributed by atoms with Gasteiger partial charge in [-0.25, -0.2) is 0 Å². The minimum absolute atomic E-state index is 0.0575. The molecular weight excluding hydrogens is 270 g/mol. The molecule has 114 valence electrons. The maximum absolute atomic E-state index is 12.2. The van der Waals surface area contributed by atoms with Crippen LogP contribution in [0.2, 0.25) is 0 Å². The Hall–Kier alpha value is -2.08. The van der Waals surface area contributed by atoms with Crippen LogP contribution in [0.3, 0.4) is 0 Å². The molecule has 3 N–H and O–H groups in total. The van der Waals surface area contributed by atoms with Crippen molar-refractivity contribution in [3.8, 4) is 0 Å². The van der Waals surface area contributed by atoms with Crippen LogP contribution in [-0.2, 0) is 16.0 Å². The van der Waals surface area contributed by atoms with E-state index in [-0.39, 0.29) is 17.8 Å². The molecule has 1 aromatic carbocycles. The molecule has 0 spiro atoms. The molecule has 1 heterocycles. The standard InChI is InChI=1S/C15H21N3O3/c1-18(10-13-3-2-8-21-13)14(19)9-11-4-6-12(7-5-11)15(16)17-20/h4-7,13,20H,2-3,8-10H2,1H3,(H2,16,17). The number of nitrogens with zero attached hydrogens (tertiary/aromatic N) is 2. The first-order valence-electron chi connectivity index (χ1n) is 7.02. The molecule has 1 aliphatic rings. The van der Waals surface area contributed by atoms with E-state index in [1.165, 1.54) is 0 Å². The molecule has 1 aromatic rings. The highest BCUT2D eigenvalue weighted by Gasteiger charge is 2.20. The first-order valence-corrected chi connectivity index (χ1v) is 7.02. The van der Waals surface area contributed by atoms with Gasteiger partial charge in [-0.1, -0.05) is 29.4 Å². The Morgan fingerprint density at radius 1 is 1.48 bits per heavy atom. The van der Waals surface area contributed by atoms with E-state index in [4.69, 9.17) is 15.7 Å². The van der Waals surface area contributed by atoms with Gasteiger partial charge in [-0.2, -0.15) is 0 Å². The Balaban J connectivity index is 1.89. The first-order chi connectivity index (χ1) is 10.1. The van der Waals surface area contributed by atoms with Gasteiger partial charge in [0.25, 0.3) is 0 Å². The minimum atomic E-state index is 0.0575.